The van der Waals surface area contributed by atoms with Crippen LogP contribution < -0.4 is 5.32 Å². The average molecular weight is 402 g/mol. The Morgan fingerprint density at radius 3 is 2.60 bits per heavy atom. The van der Waals surface area contributed by atoms with Crippen molar-refractivity contribution in [3.8, 4) is 16.8 Å². The molecule has 0 amide bonds. The van der Waals surface area contributed by atoms with Crippen LogP contribution in [0.4, 0.5) is 15.9 Å². The Balaban J connectivity index is 1.97. The first-order valence-corrected chi connectivity index (χ1v) is 9.31. The number of anilines is 2. The summed E-state index contributed by atoms with van der Waals surface area (Å²) in [6, 6.07) is 15.5. The van der Waals surface area contributed by atoms with E-state index in [1.165, 1.54) is 30.6 Å². The number of aromatic carboxylic acids is 1. The summed E-state index contributed by atoms with van der Waals surface area (Å²) in [7, 11) is 0. The Kier molecular flexibility index (Phi) is 5.02. The zero-order valence-corrected chi connectivity index (χ0v) is 16.4. The van der Waals surface area contributed by atoms with Crippen LogP contribution in [0.1, 0.15) is 21.6 Å². The van der Waals surface area contributed by atoms with Crippen molar-refractivity contribution in [1.29, 1.82) is 0 Å². The number of carboxylic acids is 1. The van der Waals surface area contributed by atoms with Gasteiger partial charge in [-0.1, -0.05) is 36.4 Å². The molecular formula is C23H19FN4O2. The summed E-state index contributed by atoms with van der Waals surface area (Å²) in [6.45, 7) is 3.73. The van der Waals surface area contributed by atoms with Crippen molar-refractivity contribution < 1.29 is 14.3 Å². The van der Waals surface area contributed by atoms with Gasteiger partial charge in [-0.15, -0.1) is 0 Å². The minimum absolute atomic E-state index is 0.0744. The first-order valence-electron chi connectivity index (χ1n) is 9.31. The molecule has 0 atom stereocenters. The first-order chi connectivity index (χ1) is 14.5. The van der Waals surface area contributed by atoms with Gasteiger partial charge in [-0.3, -0.25) is 4.98 Å². The van der Waals surface area contributed by atoms with Crippen molar-refractivity contribution in [2.45, 2.75) is 13.8 Å². The van der Waals surface area contributed by atoms with Crippen LogP contribution in [0, 0.1) is 19.7 Å². The molecule has 6 nitrogen and oxygen atoms in total. The summed E-state index contributed by atoms with van der Waals surface area (Å²) in [4.78, 5) is 15.7. The number of nitrogens with one attached hydrogen (secondary N) is 1. The fraction of sp³-hybridized carbons (Fsp3) is 0.0870. The van der Waals surface area contributed by atoms with Crippen molar-refractivity contribution in [2.24, 2.45) is 0 Å². The van der Waals surface area contributed by atoms with Gasteiger partial charge in [0.05, 0.1) is 28.8 Å². The highest BCUT2D eigenvalue weighted by atomic mass is 19.1. The maximum absolute atomic E-state index is 14.0. The number of nitrogens with zero attached hydrogens (tertiary/aromatic N) is 3. The number of carboxylic acid groups (broad SMARTS) is 1. The van der Waals surface area contributed by atoms with Gasteiger partial charge in [0.1, 0.15) is 11.6 Å². The molecule has 0 bridgehead atoms. The number of carbonyl (C=O) groups is 1. The van der Waals surface area contributed by atoms with E-state index in [1.54, 1.807) is 10.7 Å². The number of aryl methyl sites for hydroxylation is 2. The van der Waals surface area contributed by atoms with Crippen molar-refractivity contribution in [1.82, 2.24) is 14.8 Å². The molecular weight excluding hydrogens is 383 g/mol. The van der Waals surface area contributed by atoms with Gasteiger partial charge in [0.15, 0.2) is 0 Å². The molecule has 30 heavy (non-hydrogen) atoms. The number of hydrogen-bond acceptors (Lipinski definition) is 4. The number of pyridine rings is 1. The lowest BCUT2D eigenvalue weighted by Crippen LogP contribution is -2.08. The summed E-state index contributed by atoms with van der Waals surface area (Å²) in [5.41, 5.74) is 4.18. The number of benzene rings is 2. The SMILES string of the molecule is Cc1ccc(F)cc1-n1nc(C)c(-c2ccccc2)c1Nc1cnccc1C(=O)O. The molecule has 2 aromatic carbocycles. The van der Waals surface area contributed by atoms with E-state index < -0.39 is 5.97 Å². The van der Waals surface area contributed by atoms with Gasteiger partial charge in [-0.25, -0.2) is 13.9 Å². The van der Waals surface area contributed by atoms with Crippen LogP contribution in [0.15, 0.2) is 67.0 Å². The van der Waals surface area contributed by atoms with E-state index in [0.717, 1.165) is 16.7 Å². The molecule has 0 aliphatic heterocycles. The van der Waals surface area contributed by atoms with Crippen molar-refractivity contribution in [3.63, 3.8) is 0 Å². The minimum atomic E-state index is -1.08. The highest BCUT2D eigenvalue weighted by Gasteiger charge is 2.21. The van der Waals surface area contributed by atoms with Crippen LogP contribution in [0.3, 0.4) is 0 Å². The summed E-state index contributed by atoms with van der Waals surface area (Å²) >= 11 is 0. The Morgan fingerprint density at radius 2 is 1.87 bits per heavy atom. The van der Waals surface area contributed by atoms with E-state index in [2.05, 4.69) is 15.4 Å². The van der Waals surface area contributed by atoms with Crippen molar-refractivity contribution >= 4 is 17.5 Å². The zero-order chi connectivity index (χ0) is 21.3. The minimum Gasteiger partial charge on any atom is -0.478 e. The number of aromatic nitrogens is 3. The summed E-state index contributed by atoms with van der Waals surface area (Å²) in [5, 5.41) is 17.4. The summed E-state index contributed by atoms with van der Waals surface area (Å²) in [6.07, 6.45) is 2.87. The van der Waals surface area contributed by atoms with Crippen molar-refractivity contribution in [3.05, 3.63) is 89.6 Å². The van der Waals surface area contributed by atoms with Crippen LogP contribution >= 0.6 is 0 Å². The van der Waals surface area contributed by atoms with E-state index in [1.807, 2.05) is 44.2 Å². The topological polar surface area (TPSA) is 80.0 Å². The molecule has 0 spiro atoms. The molecule has 0 saturated carbocycles. The van der Waals surface area contributed by atoms with E-state index >= 15 is 0 Å². The second-order valence-electron chi connectivity index (χ2n) is 6.87. The Hall–Kier alpha value is -4.00. The lowest BCUT2D eigenvalue weighted by atomic mass is 10.1. The second kappa shape index (κ2) is 7.79. The van der Waals surface area contributed by atoms with Crippen LogP contribution in [0.5, 0.6) is 0 Å². The molecule has 0 radical (unpaired) electrons. The van der Waals surface area contributed by atoms with E-state index in [0.29, 0.717) is 22.9 Å². The van der Waals surface area contributed by atoms with Gasteiger partial charge >= 0.3 is 5.97 Å². The van der Waals surface area contributed by atoms with Crippen LogP contribution in [0.25, 0.3) is 16.8 Å². The molecule has 0 aliphatic carbocycles. The van der Waals surface area contributed by atoms with Gasteiger partial charge in [0.25, 0.3) is 0 Å². The maximum Gasteiger partial charge on any atom is 0.337 e. The molecule has 7 heteroatoms. The summed E-state index contributed by atoms with van der Waals surface area (Å²) in [5.74, 6) is -0.933. The highest BCUT2D eigenvalue weighted by Crippen LogP contribution is 2.36. The second-order valence-corrected chi connectivity index (χ2v) is 6.87. The lowest BCUT2D eigenvalue weighted by molar-refractivity contribution is 0.0698. The van der Waals surface area contributed by atoms with Crippen LogP contribution in [-0.4, -0.2) is 25.8 Å². The normalized spacial score (nSPS) is 10.8. The fourth-order valence-electron chi connectivity index (χ4n) is 3.39. The van der Waals surface area contributed by atoms with E-state index in [9.17, 15) is 14.3 Å². The molecule has 0 aliphatic rings. The molecule has 2 N–H and O–H groups in total. The third-order valence-electron chi connectivity index (χ3n) is 4.83. The quantitative estimate of drug-likeness (QED) is 0.484. The predicted octanol–water partition coefficient (Wildman–Crippen LogP) is 5.13. The molecule has 2 aromatic heterocycles. The Labute approximate surface area is 172 Å². The number of rotatable bonds is 5. The monoisotopic (exact) mass is 402 g/mol. The molecule has 0 unspecified atom stereocenters. The lowest BCUT2D eigenvalue weighted by Gasteiger charge is -2.15. The van der Waals surface area contributed by atoms with Gasteiger partial charge < -0.3 is 10.4 Å². The maximum atomic E-state index is 14.0. The van der Waals surface area contributed by atoms with Crippen molar-refractivity contribution in [2.75, 3.05) is 5.32 Å². The molecule has 2 heterocycles. The zero-order valence-electron chi connectivity index (χ0n) is 16.4. The Morgan fingerprint density at radius 1 is 1.10 bits per heavy atom. The first kappa shape index (κ1) is 19.3. The fourth-order valence-corrected chi connectivity index (χ4v) is 3.39. The van der Waals surface area contributed by atoms with E-state index in [-0.39, 0.29) is 11.4 Å². The van der Waals surface area contributed by atoms with Gasteiger partial charge in [0.2, 0.25) is 0 Å². The van der Waals surface area contributed by atoms with E-state index in [4.69, 9.17) is 0 Å². The van der Waals surface area contributed by atoms with Crippen LogP contribution in [-0.2, 0) is 0 Å². The molecule has 0 saturated heterocycles. The average Bonchev–Trinajstić information content (AvgIpc) is 3.06. The standard InChI is InChI=1S/C23H19FN4O2/c1-14-8-9-17(24)12-20(14)28-22(26-19-13-25-11-10-18(19)23(29)30)21(15(2)27-28)16-6-4-3-5-7-16/h3-13,26H,1-2H3,(H,29,30). The number of halogens is 1. The highest BCUT2D eigenvalue weighted by molar-refractivity contribution is 5.95. The van der Waals surface area contributed by atoms with Gasteiger partial charge in [-0.05, 0) is 43.2 Å². The number of hydrogen-bond donors (Lipinski definition) is 2. The summed E-state index contributed by atoms with van der Waals surface area (Å²) < 4.78 is 15.6. The molecule has 4 aromatic rings. The smallest absolute Gasteiger partial charge is 0.337 e. The molecule has 0 fully saturated rings. The largest absolute Gasteiger partial charge is 0.478 e. The Bertz CT molecular complexity index is 1240. The third-order valence-corrected chi connectivity index (χ3v) is 4.83. The van der Waals surface area contributed by atoms with Gasteiger partial charge in [-0.2, -0.15) is 5.10 Å². The van der Waals surface area contributed by atoms with Gasteiger partial charge in [0, 0.05) is 11.8 Å². The van der Waals surface area contributed by atoms with Crippen LogP contribution in [0.2, 0.25) is 0 Å². The molecule has 4 rings (SSSR count). The molecule has 150 valence electrons. The predicted molar refractivity (Wildman–Crippen MR) is 113 cm³/mol. The third kappa shape index (κ3) is 3.53.